The van der Waals surface area contributed by atoms with E-state index in [2.05, 4.69) is 9.97 Å². The number of nitrogens with one attached hydrogen (secondary N) is 1. The molecule has 1 unspecified atom stereocenters. The third-order valence-corrected chi connectivity index (χ3v) is 9.33. The lowest BCUT2D eigenvalue weighted by Crippen LogP contribution is -2.21. The lowest BCUT2D eigenvalue weighted by Gasteiger charge is -2.13. The summed E-state index contributed by atoms with van der Waals surface area (Å²) in [6.07, 6.45) is 0.893. The Morgan fingerprint density at radius 2 is 1.62 bits per heavy atom. The molecular weight excluding hydrogens is 583 g/mol. The number of hydrogen-bond donors (Lipinski definition) is 1. The highest BCUT2D eigenvalue weighted by Gasteiger charge is 2.43. The Hall–Kier alpha value is -3.50. The van der Waals surface area contributed by atoms with E-state index in [0.717, 1.165) is 24.5 Å². The van der Waals surface area contributed by atoms with Crippen molar-refractivity contribution in [3.05, 3.63) is 54.2 Å². The zero-order valence-corrected chi connectivity index (χ0v) is 22.9. The van der Waals surface area contributed by atoms with Crippen LogP contribution in [0.1, 0.15) is 12.6 Å². The monoisotopic (exact) mass is 603 g/mol. The highest BCUT2D eigenvalue weighted by Crippen LogP contribution is 2.36. The molecule has 0 amide bonds. The van der Waals surface area contributed by atoms with Gasteiger partial charge in [-0.1, -0.05) is 19.1 Å². The smallest absolute Gasteiger partial charge is 0.435 e. The lowest BCUT2D eigenvalue weighted by atomic mass is 10.0. The molecule has 2 aromatic carbocycles. The second-order valence-corrected chi connectivity index (χ2v) is 14.2. The van der Waals surface area contributed by atoms with Crippen LogP contribution in [-0.4, -0.2) is 48.5 Å². The van der Waals surface area contributed by atoms with Crippen LogP contribution in [0, 0.1) is 11.7 Å². The molecule has 1 atom stereocenters. The molecule has 0 radical (unpaired) electrons. The van der Waals surface area contributed by atoms with Crippen LogP contribution >= 0.6 is 0 Å². The van der Waals surface area contributed by atoms with Gasteiger partial charge in [0.05, 0.1) is 21.8 Å². The summed E-state index contributed by atoms with van der Waals surface area (Å²) in [5, 5.41) is 0. The number of alkyl halides is 3. The van der Waals surface area contributed by atoms with E-state index in [-0.39, 0.29) is 39.1 Å². The predicted molar refractivity (Wildman–Crippen MR) is 136 cm³/mol. The Kier molecular flexibility index (Phi) is 7.02. The summed E-state index contributed by atoms with van der Waals surface area (Å²) in [6.45, 7) is 3.00. The second-order valence-electron chi connectivity index (χ2n) is 8.33. The van der Waals surface area contributed by atoms with Gasteiger partial charge in [-0.15, -0.1) is 0 Å². The van der Waals surface area contributed by atoms with E-state index < -0.39 is 40.1 Å². The maximum Gasteiger partial charge on any atom is 0.483 e. The summed E-state index contributed by atoms with van der Waals surface area (Å²) in [5.74, 6) is -0.565. The van der Waals surface area contributed by atoms with Crippen molar-refractivity contribution in [3.8, 4) is 28.5 Å². The number of aryl methyl sites for hydroxylation is 1. The van der Waals surface area contributed by atoms with Gasteiger partial charge in [-0.05, 0) is 48.9 Å². The Bertz CT molecular complexity index is 1920. The molecule has 0 aliphatic rings. The minimum absolute atomic E-state index is 0.0315. The van der Waals surface area contributed by atoms with Crippen LogP contribution in [-0.2, 0) is 29.7 Å². The number of sulfone groups is 1. The van der Waals surface area contributed by atoms with E-state index >= 15 is 0 Å². The Labute approximate surface area is 221 Å². The first-order valence-corrected chi connectivity index (χ1v) is 16.0. The molecule has 0 bridgehead atoms. The summed E-state index contributed by atoms with van der Waals surface area (Å²) in [4.78, 5) is 7.40. The summed E-state index contributed by atoms with van der Waals surface area (Å²) in [7, 11) is -12.8. The number of hydrogen-bond acceptors (Lipinski definition) is 10. The molecular formula is C23H20F3N3O7S3. The normalized spacial score (nSPS) is 14.3. The first kappa shape index (κ1) is 28.5. The Morgan fingerprint density at radius 1 is 0.974 bits per heavy atom. The number of benzene rings is 2. The van der Waals surface area contributed by atoms with Crippen LogP contribution in [0.4, 0.5) is 13.2 Å². The van der Waals surface area contributed by atoms with Gasteiger partial charge in [-0.3, -0.25) is 0 Å². The summed E-state index contributed by atoms with van der Waals surface area (Å²) >= 11 is 0. The molecule has 2 aromatic heterocycles. The van der Waals surface area contributed by atoms with Gasteiger partial charge in [0, 0.05) is 11.3 Å². The largest absolute Gasteiger partial charge is 0.483 e. The van der Waals surface area contributed by atoms with Gasteiger partial charge in [-0.25, -0.2) is 27.4 Å². The molecule has 39 heavy (non-hydrogen) atoms. The fourth-order valence-electron chi connectivity index (χ4n) is 3.61. The fraction of sp³-hybridized carbons (Fsp3) is 0.217. The van der Waals surface area contributed by atoms with Crippen molar-refractivity contribution in [2.24, 2.45) is 0 Å². The van der Waals surface area contributed by atoms with Gasteiger partial charge in [0.1, 0.15) is 17.0 Å². The van der Waals surface area contributed by atoms with E-state index in [1.54, 1.807) is 6.92 Å². The number of halogens is 3. The molecule has 16 heteroatoms. The van der Waals surface area contributed by atoms with E-state index in [1.807, 2.05) is 0 Å². The number of nitrogens with zero attached hydrogens (tertiary/aromatic N) is 2. The molecule has 0 saturated carbocycles. The fourth-order valence-corrected chi connectivity index (χ4v) is 5.91. The molecule has 4 rings (SSSR count). The highest BCUT2D eigenvalue weighted by molar-refractivity contribution is 7.93. The van der Waals surface area contributed by atoms with E-state index in [4.69, 9.17) is 13.4 Å². The van der Waals surface area contributed by atoms with Crippen LogP contribution in [0.3, 0.4) is 0 Å². The Balaban J connectivity index is 1.86. The molecule has 10 nitrogen and oxygen atoms in total. The Morgan fingerprint density at radius 3 is 2.18 bits per heavy atom. The van der Waals surface area contributed by atoms with Gasteiger partial charge in [-0.2, -0.15) is 21.6 Å². The van der Waals surface area contributed by atoms with Crippen molar-refractivity contribution in [1.29, 1.82) is 4.78 Å². The highest BCUT2D eigenvalue weighted by atomic mass is 32.2. The van der Waals surface area contributed by atoms with Gasteiger partial charge in [0.25, 0.3) is 0 Å². The van der Waals surface area contributed by atoms with Gasteiger partial charge in [0.15, 0.2) is 25.1 Å². The van der Waals surface area contributed by atoms with Crippen LogP contribution in [0.25, 0.3) is 33.8 Å². The molecule has 0 spiro atoms. The third kappa shape index (κ3) is 5.62. The summed E-state index contributed by atoms with van der Waals surface area (Å²) in [5.41, 5.74) is -4.46. The molecule has 2 heterocycles. The first-order valence-electron chi connectivity index (χ1n) is 10.9. The molecule has 0 aliphatic heterocycles. The van der Waals surface area contributed by atoms with Gasteiger partial charge >= 0.3 is 15.6 Å². The predicted octanol–water partition coefficient (Wildman–Crippen LogP) is 4.92. The second kappa shape index (κ2) is 9.60. The number of oxazole rings is 1. The number of aromatic nitrogens is 2. The van der Waals surface area contributed by atoms with E-state index in [1.165, 1.54) is 37.3 Å². The summed E-state index contributed by atoms with van der Waals surface area (Å²) < 4.78 is 118. The molecule has 1 N–H and O–H groups in total. The maximum absolute atomic E-state index is 13.1. The van der Waals surface area contributed by atoms with E-state index in [9.17, 15) is 34.2 Å². The van der Waals surface area contributed by atoms with Crippen LogP contribution in [0.15, 0.2) is 62.7 Å². The van der Waals surface area contributed by atoms with Crippen molar-refractivity contribution in [2.75, 3.05) is 12.0 Å². The van der Waals surface area contributed by atoms with Gasteiger partial charge < -0.3 is 8.60 Å². The number of rotatable bonds is 7. The van der Waals surface area contributed by atoms with E-state index in [0.29, 0.717) is 16.8 Å². The summed E-state index contributed by atoms with van der Waals surface area (Å²) in [6, 6.07) is 9.88. The maximum atomic E-state index is 13.1. The zero-order chi connectivity index (χ0) is 29.0. The van der Waals surface area contributed by atoms with Crippen molar-refractivity contribution in [3.63, 3.8) is 0 Å². The first-order chi connectivity index (χ1) is 17.9. The molecule has 0 aliphatic carbocycles. The standard InChI is InChI=1S/C23H20F3N3O7S3/c1-4-38(32,33)20-12-17(14-5-7-15(8-6-14)36-37(3,30)31)13(2)28-21(20)22-29-18-11-16(9-10-19(18)35-22)39(27,34)23(24,25)26/h5-12,27H,4H2,1-3H3. The molecule has 208 valence electrons. The molecule has 0 fully saturated rings. The zero-order valence-electron chi connectivity index (χ0n) is 20.4. The van der Waals surface area contributed by atoms with Crippen LogP contribution in [0.5, 0.6) is 5.75 Å². The van der Waals surface area contributed by atoms with Crippen LogP contribution < -0.4 is 4.18 Å². The molecule has 4 aromatic rings. The average Bonchev–Trinajstić information content (AvgIpc) is 3.26. The van der Waals surface area contributed by atoms with Crippen molar-refractivity contribution >= 4 is 40.8 Å². The topological polar surface area (TPSA) is 157 Å². The van der Waals surface area contributed by atoms with Crippen molar-refractivity contribution < 1.29 is 42.8 Å². The quantitative estimate of drug-likeness (QED) is 0.289. The third-order valence-electron chi connectivity index (χ3n) is 5.53. The van der Waals surface area contributed by atoms with Crippen molar-refractivity contribution in [2.45, 2.75) is 29.1 Å². The molecule has 0 saturated heterocycles. The van der Waals surface area contributed by atoms with Crippen LogP contribution in [0.2, 0.25) is 0 Å². The van der Waals surface area contributed by atoms with Crippen molar-refractivity contribution in [1.82, 2.24) is 9.97 Å². The van der Waals surface area contributed by atoms with Gasteiger partial charge in [0.2, 0.25) is 5.89 Å². The lowest BCUT2D eigenvalue weighted by molar-refractivity contribution is -0.0406. The number of fused-ring (bicyclic) bond motifs is 1. The SMILES string of the molecule is CCS(=O)(=O)c1cc(-c2ccc(OS(C)(=O)=O)cc2)c(C)nc1-c1nc2cc(S(=N)(=O)C(F)(F)F)ccc2o1. The minimum Gasteiger partial charge on any atom is -0.435 e. The number of pyridine rings is 1. The minimum atomic E-state index is -5.31. The average molecular weight is 604 g/mol.